The predicted molar refractivity (Wildman–Crippen MR) is 94.0 cm³/mol. The van der Waals surface area contributed by atoms with E-state index in [2.05, 4.69) is 22.5 Å². The summed E-state index contributed by atoms with van der Waals surface area (Å²) in [6, 6.07) is 2.50. The molecule has 0 spiro atoms. The summed E-state index contributed by atoms with van der Waals surface area (Å²) in [6.45, 7) is 6.29. The minimum atomic E-state index is -0.178. The molecule has 2 aliphatic heterocycles. The number of anilines is 1. The first-order chi connectivity index (χ1) is 11.7. The molecule has 2 fully saturated rings. The van der Waals surface area contributed by atoms with Gasteiger partial charge in [0.25, 0.3) is 5.91 Å². The second-order valence-corrected chi connectivity index (χ2v) is 6.67. The van der Waals surface area contributed by atoms with Gasteiger partial charge >= 0.3 is 0 Å². The van der Waals surface area contributed by atoms with Crippen molar-refractivity contribution in [3.63, 3.8) is 0 Å². The Balaban J connectivity index is 1.32. The van der Waals surface area contributed by atoms with Gasteiger partial charge in [-0.05, 0) is 44.2 Å². The Morgan fingerprint density at radius 1 is 1.33 bits per heavy atom. The smallest absolute Gasteiger partial charge is 0.251 e. The van der Waals surface area contributed by atoms with E-state index in [1.807, 2.05) is 23.4 Å². The van der Waals surface area contributed by atoms with Gasteiger partial charge in [0.1, 0.15) is 6.10 Å². The number of hydrogen-bond donors (Lipinski definition) is 2. The van der Waals surface area contributed by atoms with Crippen molar-refractivity contribution in [2.75, 3.05) is 38.1 Å². The molecule has 3 rings (SSSR count). The largest absolute Gasteiger partial charge is 0.383 e. The Labute approximate surface area is 144 Å². The number of pyridine rings is 1. The van der Waals surface area contributed by atoms with Crippen molar-refractivity contribution < 1.29 is 9.53 Å². The second-order valence-electron chi connectivity index (χ2n) is 6.67. The van der Waals surface area contributed by atoms with Gasteiger partial charge in [-0.25, -0.2) is 0 Å². The average Bonchev–Trinajstić information content (AvgIpc) is 3.15. The maximum atomic E-state index is 12.3. The minimum Gasteiger partial charge on any atom is -0.383 e. The number of rotatable bonds is 6. The summed E-state index contributed by atoms with van der Waals surface area (Å²) in [5, 5.41) is 7.03. The maximum absolute atomic E-state index is 12.3. The standard InChI is InChI=1S/C18H28N4O2/c1-14-13-19-7-4-16(14)21-9-8-20-15-5-10-22(11-6-15)18(23)17-3-2-12-24-17/h4,7,13,15,17,20H,2-3,5-6,8-12H2,1H3,(H,19,21). The van der Waals surface area contributed by atoms with Crippen molar-refractivity contribution in [3.05, 3.63) is 24.0 Å². The van der Waals surface area contributed by atoms with Gasteiger partial charge in [-0.2, -0.15) is 0 Å². The third-order valence-electron chi connectivity index (χ3n) is 4.91. The van der Waals surface area contributed by atoms with E-state index in [4.69, 9.17) is 4.74 Å². The lowest BCUT2D eigenvalue weighted by Crippen LogP contribution is -2.48. The molecule has 1 aromatic heterocycles. The third-order valence-corrected chi connectivity index (χ3v) is 4.91. The van der Waals surface area contributed by atoms with Gasteiger partial charge in [0, 0.05) is 56.9 Å². The number of aryl methyl sites for hydroxylation is 1. The Bertz CT molecular complexity index is 538. The first-order valence-electron chi connectivity index (χ1n) is 9.02. The highest BCUT2D eigenvalue weighted by Crippen LogP contribution is 2.18. The summed E-state index contributed by atoms with van der Waals surface area (Å²) < 4.78 is 5.51. The lowest BCUT2D eigenvalue weighted by molar-refractivity contribution is -0.142. The molecule has 2 N–H and O–H groups in total. The van der Waals surface area contributed by atoms with Crippen LogP contribution in [0.2, 0.25) is 0 Å². The van der Waals surface area contributed by atoms with Crippen LogP contribution in [-0.4, -0.2) is 60.7 Å². The molecule has 1 aromatic rings. The van der Waals surface area contributed by atoms with Crippen LogP contribution < -0.4 is 10.6 Å². The highest BCUT2D eigenvalue weighted by Gasteiger charge is 2.30. The molecule has 1 atom stereocenters. The number of nitrogens with zero attached hydrogens (tertiary/aromatic N) is 2. The van der Waals surface area contributed by atoms with E-state index in [0.717, 1.165) is 64.2 Å². The highest BCUT2D eigenvalue weighted by molar-refractivity contribution is 5.81. The first kappa shape index (κ1) is 17.2. The van der Waals surface area contributed by atoms with Gasteiger partial charge in [0.15, 0.2) is 0 Å². The second kappa shape index (κ2) is 8.44. The molecule has 1 unspecified atom stereocenters. The average molecular weight is 332 g/mol. The van der Waals surface area contributed by atoms with Crippen molar-refractivity contribution >= 4 is 11.6 Å². The van der Waals surface area contributed by atoms with Gasteiger partial charge in [0.2, 0.25) is 0 Å². The quantitative estimate of drug-likeness (QED) is 0.774. The fourth-order valence-electron chi connectivity index (χ4n) is 3.43. The van der Waals surface area contributed by atoms with Crippen molar-refractivity contribution in [2.24, 2.45) is 0 Å². The zero-order chi connectivity index (χ0) is 16.8. The van der Waals surface area contributed by atoms with E-state index in [1.165, 1.54) is 5.56 Å². The molecule has 1 amide bonds. The summed E-state index contributed by atoms with van der Waals surface area (Å²) in [7, 11) is 0. The number of likely N-dealkylation sites (tertiary alicyclic amines) is 1. The first-order valence-corrected chi connectivity index (χ1v) is 9.02. The molecular weight excluding hydrogens is 304 g/mol. The molecule has 6 nitrogen and oxygen atoms in total. The van der Waals surface area contributed by atoms with Gasteiger partial charge in [-0.15, -0.1) is 0 Å². The van der Waals surface area contributed by atoms with Crippen LogP contribution in [0.25, 0.3) is 0 Å². The number of piperidine rings is 1. The molecule has 2 saturated heterocycles. The van der Waals surface area contributed by atoms with Crippen LogP contribution in [0.5, 0.6) is 0 Å². The molecule has 0 aromatic carbocycles. The normalized spacial score (nSPS) is 21.9. The molecule has 24 heavy (non-hydrogen) atoms. The topological polar surface area (TPSA) is 66.5 Å². The SMILES string of the molecule is Cc1cnccc1NCCNC1CCN(C(=O)C2CCCO2)CC1. The number of aromatic nitrogens is 1. The van der Waals surface area contributed by atoms with Gasteiger partial charge in [-0.1, -0.05) is 0 Å². The van der Waals surface area contributed by atoms with Crippen LogP contribution in [0.4, 0.5) is 5.69 Å². The van der Waals surface area contributed by atoms with Gasteiger partial charge in [-0.3, -0.25) is 9.78 Å². The van der Waals surface area contributed by atoms with E-state index < -0.39 is 0 Å². The van der Waals surface area contributed by atoms with Crippen LogP contribution in [0.3, 0.4) is 0 Å². The Morgan fingerprint density at radius 2 is 2.17 bits per heavy atom. The Kier molecular flexibility index (Phi) is 6.04. The maximum Gasteiger partial charge on any atom is 0.251 e. The van der Waals surface area contributed by atoms with Crippen LogP contribution >= 0.6 is 0 Å². The molecule has 0 bridgehead atoms. The summed E-state index contributed by atoms with van der Waals surface area (Å²) in [4.78, 5) is 18.4. The zero-order valence-corrected chi connectivity index (χ0v) is 14.5. The zero-order valence-electron chi connectivity index (χ0n) is 14.5. The lowest BCUT2D eigenvalue weighted by atomic mass is 10.0. The van der Waals surface area contributed by atoms with Crippen molar-refractivity contribution in [2.45, 2.75) is 44.8 Å². The molecule has 0 aliphatic carbocycles. The minimum absolute atomic E-state index is 0.178. The molecule has 2 aliphatic rings. The summed E-state index contributed by atoms with van der Waals surface area (Å²) in [6.07, 6.45) is 7.44. The Hall–Kier alpha value is -1.66. The van der Waals surface area contributed by atoms with Crippen molar-refractivity contribution in [3.8, 4) is 0 Å². The number of nitrogens with one attached hydrogen (secondary N) is 2. The molecule has 0 radical (unpaired) electrons. The van der Waals surface area contributed by atoms with E-state index in [9.17, 15) is 4.79 Å². The highest BCUT2D eigenvalue weighted by atomic mass is 16.5. The fraction of sp³-hybridized carbons (Fsp3) is 0.667. The molecule has 3 heterocycles. The van der Waals surface area contributed by atoms with Crippen LogP contribution in [0, 0.1) is 6.92 Å². The van der Waals surface area contributed by atoms with E-state index in [-0.39, 0.29) is 12.0 Å². The molecular formula is C18H28N4O2. The number of amides is 1. The van der Waals surface area contributed by atoms with E-state index >= 15 is 0 Å². The summed E-state index contributed by atoms with van der Waals surface area (Å²) in [5.74, 6) is 0.195. The predicted octanol–water partition coefficient (Wildman–Crippen LogP) is 1.56. The van der Waals surface area contributed by atoms with Crippen molar-refractivity contribution in [1.82, 2.24) is 15.2 Å². The van der Waals surface area contributed by atoms with E-state index in [1.54, 1.807) is 0 Å². The van der Waals surface area contributed by atoms with Crippen LogP contribution in [0.15, 0.2) is 18.5 Å². The molecule has 6 heteroatoms. The third kappa shape index (κ3) is 4.45. The van der Waals surface area contributed by atoms with Gasteiger partial charge < -0.3 is 20.3 Å². The number of carbonyl (C=O) groups excluding carboxylic acids is 1. The molecule has 132 valence electrons. The van der Waals surface area contributed by atoms with Crippen LogP contribution in [0.1, 0.15) is 31.2 Å². The summed E-state index contributed by atoms with van der Waals surface area (Å²) in [5.41, 5.74) is 2.31. The number of ether oxygens (including phenoxy) is 1. The number of carbonyl (C=O) groups is 1. The van der Waals surface area contributed by atoms with Crippen molar-refractivity contribution in [1.29, 1.82) is 0 Å². The number of hydrogen-bond acceptors (Lipinski definition) is 5. The van der Waals surface area contributed by atoms with Gasteiger partial charge in [0.05, 0.1) is 0 Å². The van der Waals surface area contributed by atoms with E-state index in [0.29, 0.717) is 6.04 Å². The molecule has 0 saturated carbocycles. The summed E-state index contributed by atoms with van der Waals surface area (Å²) >= 11 is 0. The Morgan fingerprint density at radius 3 is 2.88 bits per heavy atom. The lowest BCUT2D eigenvalue weighted by Gasteiger charge is -2.33. The monoisotopic (exact) mass is 332 g/mol. The fourth-order valence-corrected chi connectivity index (χ4v) is 3.43. The van der Waals surface area contributed by atoms with Crippen LogP contribution in [-0.2, 0) is 9.53 Å².